The van der Waals surface area contributed by atoms with Crippen molar-refractivity contribution in [3.8, 4) is 11.1 Å². The molecule has 3 heterocycles. The lowest BCUT2D eigenvalue weighted by molar-refractivity contribution is 0.151. The zero-order valence-corrected chi connectivity index (χ0v) is 17.6. The Hall–Kier alpha value is -2.06. The van der Waals surface area contributed by atoms with Crippen molar-refractivity contribution >= 4 is 27.4 Å². The monoisotopic (exact) mass is 412 g/mol. The Morgan fingerprint density at radius 1 is 1.21 bits per heavy atom. The number of hydrogen-bond donors (Lipinski definition) is 2. The van der Waals surface area contributed by atoms with Gasteiger partial charge in [-0.2, -0.15) is 0 Å². The Morgan fingerprint density at radius 3 is 2.72 bits per heavy atom. The zero-order chi connectivity index (χ0) is 20.1. The third-order valence-corrected chi connectivity index (χ3v) is 6.39. The predicted octanol–water partition coefficient (Wildman–Crippen LogP) is 3.62. The molecule has 0 aliphatic carbocycles. The lowest BCUT2D eigenvalue weighted by Crippen LogP contribution is -2.37. The van der Waals surface area contributed by atoms with E-state index in [2.05, 4.69) is 39.9 Å². The number of nitrogens with one attached hydrogen (secondary N) is 1. The number of aromatic nitrogens is 2. The van der Waals surface area contributed by atoms with Crippen LogP contribution in [0.2, 0.25) is 0 Å². The molecule has 1 aliphatic rings. The van der Waals surface area contributed by atoms with Gasteiger partial charge in [-0.15, -0.1) is 11.3 Å². The van der Waals surface area contributed by atoms with Gasteiger partial charge in [-0.1, -0.05) is 30.3 Å². The highest BCUT2D eigenvalue weighted by atomic mass is 32.1. The number of anilines is 1. The Balaban J connectivity index is 1.57. The number of aliphatic hydroxyl groups is 1. The number of aliphatic hydroxyl groups excluding tert-OH is 1. The van der Waals surface area contributed by atoms with E-state index in [1.807, 2.05) is 6.07 Å². The summed E-state index contributed by atoms with van der Waals surface area (Å²) in [5.41, 5.74) is 2.36. The van der Waals surface area contributed by atoms with Crippen molar-refractivity contribution in [2.24, 2.45) is 5.92 Å². The van der Waals surface area contributed by atoms with Gasteiger partial charge in [0.1, 0.15) is 17.3 Å². The molecule has 0 unspecified atom stereocenters. The van der Waals surface area contributed by atoms with Crippen molar-refractivity contribution in [3.05, 3.63) is 41.5 Å². The van der Waals surface area contributed by atoms with Crippen LogP contribution in [0.4, 0.5) is 5.82 Å². The zero-order valence-electron chi connectivity index (χ0n) is 16.8. The second-order valence-electron chi connectivity index (χ2n) is 7.51. The summed E-state index contributed by atoms with van der Waals surface area (Å²) < 4.78 is 5.28. The number of hydrogen-bond acceptors (Lipinski definition) is 7. The number of thiophene rings is 1. The van der Waals surface area contributed by atoms with E-state index in [1.54, 1.807) is 18.4 Å². The minimum absolute atomic E-state index is 0.241. The van der Waals surface area contributed by atoms with Crippen molar-refractivity contribution in [3.63, 3.8) is 0 Å². The third-order valence-electron chi connectivity index (χ3n) is 5.52. The van der Waals surface area contributed by atoms with Gasteiger partial charge >= 0.3 is 0 Å². The van der Waals surface area contributed by atoms with Crippen molar-refractivity contribution < 1.29 is 9.84 Å². The lowest BCUT2D eigenvalue weighted by Gasteiger charge is -2.31. The maximum Gasteiger partial charge on any atom is 0.158 e. The quantitative estimate of drug-likeness (QED) is 0.589. The first kappa shape index (κ1) is 20.2. The van der Waals surface area contributed by atoms with Gasteiger partial charge in [0.05, 0.1) is 12.0 Å². The molecule has 0 saturated carbocycles. The van der Waals surface area contributed by atoms with Crippen LogP contribution in [0.5, 0.6) is 0 Å². The molecular weight excluding hydrogens is 384 g/mol. The molecule has 7 heteroatoms. The van der Waals surface area contributed by atoms with E-state index < -0.39 is 0 Å². The Kier molecular flexibility index (Phi) is 6.71. The molecule has 4 rings (SSSR count). The first-order valence-corrected chi connectivity index (χ1v) is 11.1. The molecule has 0 spiro atoms. The van der Waals surface area contributed by atoms with Gasteiger partial charge in [-0.3, -0.25) is 0 Å². The summed E-state index contributed by atoms with van der Waals surface area (Å²) in [6, 6.07) is 10.4. The summed E-state index contributed by atoms with van der Waals surface area (Å²) in [5.74, 6) is 2.22. The largest absolute Gasteiger partial charge is 0.395 e. The highest BCUT2D eigenvalue weighted by molar-refractivity contribution is 7.17. The molecule has 0 atom stereocenters. The third kappa shape index (κ3) is 4.75. The number of β-amino-alcohol motifs (C(OH)–C–C–N with tert-alkyl or cyclic N) is 1. The van der Waals surface area contributed by atoms with E-state index in [1.165, 1.54) is 11.1 Å². The fraction of sp³-hybridized carbons (Fsp3) is 0.455. The van der Waals surface area contributed by atoms with Gasteiger partial charge in [0.15, 0.2) is 5.82 Å². The average Bonchev–Trinajstić information content (AvgIpc) is 3.18. The van der Waals surface area contributed by atoms with Crippen molar-refractivity contribution in [1.29, 1.82) is 0 Å². The molecule has 6 nitrogen and oxygen atoms in total. The van der Waals surface area contributed by atoms with E-state index in [0.29, 0.717) is 18.3 Å². The van der Waals surface area contributed by atoms with Crippen molar-refractivity contribution in [2.75, 3.05) is 45.2 Å². The molecule has 3 aromatic rings. The van der Waals surface area contributed by atoms with E-state index in [0.717, 1.165) is 55.1 Å². The molecule has 0 radical (unpaired) electrons. The Morgan fingerprint density at radius 2 is 2.00 bits per heavy atom. The molecule has 1 aromatic carbocycles. The summed E-state index contributed by atoms with van der Waals surface area (Å²) >= 11 is 1.65. The number of piperidine rings is 1. The molecule has 1 aliphatic heterocycles. The van der Waals surface area contributed by atoms with E-state index in [4.69, 9.17) is 19.8 Å². The fourth-order valence-corrected chi connectivity index (χ4v) is 4.90. The maximum atomic E-state index is 9.13. The molecule has 1 saturated heterocycles. The van der Waals surface area contributed by atoms with Crippen LogP contribution in [0.15, 0.2) is 35.7 Å². The summed E-state index contributed by atoms with van der Waals surface area (Å²) in [5, 5.41) is 16.0. The minimum atomic E-state index is 0.241. The van der Waals surface area contributed by atoms with E-state index in [9.17, 15) is 0 Å². The maximum absolute atomic E-state index is 9.13. The van der Waals surface area contributed by atoms with Crippen LogP contribution < -0.4 is 5.32 Å². The van der Waals surface area contributed by atoms with Crippen molar-refractivity contribution in [2.45, 2.75) is 19.4 Å². The van der Waals surface area contributed by atoms with Crippen LogP contribution in [-0.4, -0.2) is 59.9 Å². The van der Waals surface area contributed by atoms with E-state index >= 15 is 0 Å². The van der Waals surface area contributed by atoms with Crippen LogP contribution in [0, 0.1) is 5.92 Å². The summed E-state index contributed by atoms with van der Waals surface area (Å²) in [6.45, 7) is 4.43. The molecule has 2 N–H and O–H groups in total. The van der Waals surface area contributed by atoms with Crippen LogP contribution in [0.3, 0.4) is 0 Å². The van der Waals surface area contributed by atoms with Gasteiger partial charge in [0.25, 0.3) is 0 Å². The average molecular weight is 413 g/mol. The number of fused-ring (bicyclic) bond motifs is 1. The highest BCUT2D eigenvalue weighted by Crippen LogP contribution is 2.37. The topological polar surface area (TPSA) is 70.5 Å². The first-order chi connectivity index (χ1) is 14.3. The number of likely N-dealkylation sites (tertiary alicyclic amines) is 1. The second kappa shape index (κ2) is 9.63. The van der Waals surface area contributed by atoms with Crippen LogP contribution >= 0.6 is 11.3 Å². The molecule has 2 aromatic heterocycles. The van der Waals surface area contributed by atoms with Crippen molar-refractivity contribution in [1.82, 2.24) is 14.9 Å². The minimum Gasteiger partial charge on any atom is -0.395 e. The standard InChI is InChI=1S/C22H28N4O2S/c1-28-14-19-24-21(23-13-16-7-9-26(10-8-16)11-12-27)20-18(15-29-22(20)25-19)17-5-3-2-4-6-17/h2-6,15-16,27H,7-14H2,1H3,(H,23,24,25). The van der Waals surface area contributed by atoms with Crippen LogP contribution in [-0.2, 0) is 11.3 Å². The molecule has 154 valence electrons. The SMILES string of the molecule is COCc1nc(NCC2CCN(CCO)CC2)c2c(-c3ccccc3)csc2n1. The fourth-order valence-electron chi connectivity index (χ4n) is 3.93. The summed E-state index contributed by atoms with van der Waals surface area (Å²) in [4.78, 5) is 12.8. The van der Waals surface area contributed by atoms with Gasteiger partial charge in [0, 0.05) is 31.1 Å². The summed E-state index contributed by atoms with van der Waals surface area (Å²) in [6.07, 6.45) is 2.28. The Bertz CT molecular complexity index is 923. The predicted molar refractivity (Wildman–Crippen MR) is 118 cm³/mol. The van der Waals surface area contributed by atoms with Gasteiger partial charge in [0.2, 0.25) is 0 Å². The van der Waals surface area contributed by atoms with Crippen LogP contribution in [0.25, 0.3) is 21.3 Å². The lowest BCUT2D eigenvalue weighted by atomic mass is 9.96. The molecular formula is C22H28N4O2S. The number of benzene rings is 1. The first-order valence-electron chi connectivity index (χ1n) is 10.2. The number of ether oxygens (including phenoxy) is 1. The normalized spacial score (nSPS) is 15.8. The smallest absolute Gasteiger partial charge is 0.158 e. The molecule has 29 heavy (non-hydrogen) atoms. The summed E-state index contributed by atoms with van der Waals surface area (Å²) in [7, 11) is 1.67. The number of methoxy groups -OCH3 is 1. The molecule has 0 bridgehead atoms. The molecule has 1 fully saturated rings. The van der Waals surface area contributed by atoms with Gasteiger partial charge in [-0.05, 0) is 37.4 Å². The molecule has 0 amide bonds. The Labute approximate surface area is 175 Å². The van der Waals surface area contributed by atoms with Gasteiger partial charge < -0.3 is 20.1 Å². The number of rotatable bonds is 8. The van der Waals surface area contributed by atoms with Gasteiger partial charge in [-0.25, -0.2) is 9.97 Å². The van der Waals surface area contributed by atoms with Crippen LogP contribution in [0.1, 0.15) is 18.7 Å². The second-order valence-corrected chi connectivity index (χ2v) is 8.36. The number of nitrogens with zero attached hydrogens (tertiary/aromatic N) is 3. The van der Waals surface area contributed by atoms with E-state index in [-0.39, 0.29) is 6.61 Å². The highest BCUT2D eigenvalue weighted by Gasteiger charge is 2.20.